The second-order valence-electron chi connectivity index (χ2n) is 5.12. The molecule has 0 aliphatic rings. The zero-order chi connectivity index (χ0) is 14.5. The van der Waals surface area contributed by atoms with Crippen LogP contribution in [-0.4, -0.2) is 16.1 Å². The van der Waals surface area contributed by atoms with Crippen molar-refractivity contribution in [3.63, 3.8) is 0 Å². The van der Waals surface area contributed by atoms with Crippen molar-refractivity contribution in [2.45, 2.75) is 39.2 Å². The first-order valence-electron chi connectivity index (χ1n) is 6.94. The van der Waals surface area contributed by atoms with Crippen molar-refractivity contribution in [1.29, 1.82) is 0 Å². The fourth-order valence-corrected chi connectivity index (χ4v) is 3.25. The summed E-state index contributed by atoms with van der Waals surface area (Å²) in [5.74, 6) is 0.369. The number of nitrogens with one attached hydrogen (secondary N) is 1. The smallest absolute Gasteiger partial charge is 0.0832 e. The molecule has 1 atom stereocenters. The van der Waals surface area contributed by atoms with E-state index in [4.69, 9.17) is 11.6 Å². The van der Waals surface area contributed by atoms with E-state index >= 15 is 0 Å². The van der Waals surface area contributed by atoms with Crippen LogP contribution >= 0.6 is 23.1 Å². The lowest BCUT2D eigenvalue weighted by atomic mass is 10.00. The highest BCUT2D eigenvalue weighted by Gasteiger charge is 2.22. The summed E-state index contributed by atoms with van der Waals surface area (Å²) in [6.07, 6.45) is 1.08. The van der Waals surface area contributed by atoms with E-state index in [1.165, 1.54) is 22.0 Å². The van der Waals surface area contributed by atoms with Gasteiger partial charge in [0.2, 0.25) is 0 Å². The molecule has 3 nitrogen and oxygen atoms in total. The molecule has 0 saturated carbocycles. The van der Waals surface area contributed by atoms with Gasteiger partial charge in [-0.05, 0) is 48.1 Å². The topological polar surface area (TPSA) is 37.8 Å². The van der Waals surface area contributed by atoms with Gasteiger partial charge >= 0.3 is 0 Å². The molecule has 0 aliphatic heterocycles. The van der Waals surface area contributed by atoms with E-state index in [2.05, 4.69) is 41.7 Å². The highest BCUT2D eigenvalue weighted by Crippen LogP contribution is 2.31. The van der Waals surface area contributed by atoms with E-state index in [1.807, 2.05) is 18.2 Å². The van der Waals surface area contributed by atoms with Crippen LogP contribution in [0.25, 0.3) is 0 Å². The van der Waals surface area contributed by atoms with Crippen molar-refractivity contribution in [1.82, 2.24) is 14.9 Å². The molecule has 0 amide bonds. The third kappa shape index (κ3) is 3.57. The van der Waals surface area contributed by atoms with Crippen molar-refractivity contribution in [3.8, 4) is 0 Å². The van der Waals surface area contributed by atoms with E-state index in [-0.39, 0.29) is 6.04 Å². The van der Waals surface area contributed by atoms with E-state index in [1.54, 1.807) is 0 Å². The Labute approximate surface area is 129 Å². The maximum absolute atomic E-state index is 6.13. The van der Waals surface area contributed by atoms with Crippen molar-refractivity contribution >= 4 is 23.1 Å². The fraction of sp³-hybridized carbons (Fsp3) is 0.467. The van der Waals surface area contributed by atoms with Gasteiger partial charge in [-0.3, -0.25) is 0 Å². The average Bonchev–Trinajstić information content (AvgIpc) is 2.89. The van der Waals surface area contributed by atoms with Gasteiger partial charge in [-0.25, -0.2) is 0 Å². The predicted molar refractivity (Wildman–Crippen MR) is 85.6 cm³/mol. The standard InChI is InChI=1S/C15H20ClN3S/c1-4-8-17-14(11-6-5-7-12(16)9-11)15-13(10(2)3)18-19-20-15/h5-7,9-10,14,17H,4,8H2,1-3H3. The van der Waals surface area contributed by atoms with Crippen LogP contribution in [0.4, 0.5) is 0 Å². The summed E-state index contributed by atoms with van der Waals surface area (Å²) in [5.41, 5.74) is 2.24. The van der Waals surface area contributed by atoms with Crippen LogP contribution in [0.5, 0.6) is 0 Å². The van der Waals surface area contributed by atoms with Gasteiger partial charge in [0.05, 0.1) is 16.6 Å². The van der Waals surface area contributed by atoms with Gasteiger partial charge in [0.25, 0.3) is 0 Å². The molecule has 1 aromatic carbocycles. The number of rotatable bonds is 6. The van der Waals surface area contributed by atoms with Crippen molar-refractivity contribution in [2.75, 3.05) is 6.54 Å². The number of aromatic nitrogens is 2. The summed E-state index contributed by atoms with van der Waals surface area (Å²) in [5, 5.41) is 8.63. The lowest BCUT2D eigenvalue weighted by Gasteiger charge is -2.19. The Morgan fingerprint density at radius 2 is 2.15 bits per heavy atom. The van der Waals surface area contributed by atoms with Gasteiger partial charge in [0.15, 0.2) is 0 Å². The van der Waals surface area contributed by atoms with Crippen LogP contribution in [0, 0.1) is 0 Å². The Kier molecular flexibility index (Phi) is 5.52. The maximum atomic E-state index is 6.13. The minimum absolute atomic E-state index is 0.117. The summed E-state index contributed by atoms with van der Waals surface area (Å²) >= 11 is 7.60. The van der Waals surface area contributed by atoms with E-state index in [0.717, 1.165) is 23.7 Å². The van der Waals surface area contributed by atoms with Crippen LogP contribution in [0.1, 0.15) is 55.3 Å². The van der Waals surface area contributed by atoms with Crippen LogP contribution in [-0.2, 0) is 0 Å². The first-order valence-corrected chi connectivity index (χ1v) is 8.09. The lowest BCUT2D eigenvalue weighted by molar-refractivity contribution is 0.596. The largest absolute Gasteiger partial charge is 0.305 e. The zero-order valence-corrected chi connectivity index (χ0v) is 13.6. The first kappa shape index (κ1) is 15.4. The normalized spacial score (nSPS) is 12.8. The molecule has 2 rings (SSSR count). The Morgan fingerprint density at radius 3 is 2.80 bits per heavy atom. The fourth-order valence-electron chi connectivity index (χ4n) is 2.14. The Hall–Kier alpha value is -0.970. The van der Waals surface area contributed by atoms with Gasteiger partial charge in [0, 0.05) is 5.02 Å². The van der Waals surface area contributed by atoms with Gasteiger partial charge in [-0.1, -0.05) is 49.0 Å². The molecule has 1 heterocycles. The summed E-state index contributed by atoms with van der Waals surface area (Å²) in [7, 11) is 0. The molecule has 5 heteroatoms. The molecule has 1 aromatic heterocycles. The molecular formula is C15H20ClN3S. The second-order valence-corrected chi connectivity index (χ2v) is 6.34. The van der Waals surface area contributed by atoms with Crippen molar-refractivity contribution < 1.29 is 0 Å². The summed E-state index contributed by atoms with van der Waals surface area (Å²) < 4.78 is 4.14. The van der Waals surface area contributed by atoms with Crippen molar-refractivity contribution in [2.24, 2.45) is 0 Å². The maximum Gasteiger partial charge on any atom is 0.0832 e. The third-order valence-electron chi connectivity index (χ3n) is 3.13. The predicted octanol–water partition coefficient (Wildman–Crippen LogP) is 4.40. The van der Waals surface area contributed by atoms with Crippen molar-refractivity contribution in [3.05, 3.63) is 45.4 Å². The highest BCUT2D eigenvalue weighted by atomic mass is 35.5. The molecule has 0 fully saturated rings. The molecule has 0 spiro atoms. The molecule has 1 unspecified atom stereocenters. The molecule has 1 N–H and O–H groups in total. The molecular weight excluding hydrogens is 290 g/mol. The van der Waals surface area contributed by atoms with Gasteiger partial charge in [-0.15, -0.1) is 5.10 Å². The quantitative estimate of drug-likeness (QED) is 0.859. The third-order valence-corrected chi connectivity index (χ3v) is 4.17. The Bertz CT molecular complexity index is 554. The van der Waals surface area contributed by atoms with Crippen LogP contribution in [0.3, 0.4) is 0 Å². The molecule has 0 bridgehead atoms. The number of hydrogen-bond donors (Lipinski definition) is 1. The van der Waals surface area contributed by atoms with Gasteiger partial charge < -0.3 is 5.32 Å². The van der Waals surface area contributed by atoms with E-state index in [9.17, 15) is 0 Å². The lowest BCUT2D eigenvalue weighted by Crippen LogP contribution is -2.23. The minimum Gasteiger partial charge on any atom is -0.305 e. The number of nitrogens with zero attached hydrogens (tertiary/aromatic N) is 2. The number of halogens is 1. The first-order chi connectivity index (χ1) is 9.63. The van der Waals surface area contributed by atoms with Gasteiger partial charge in [-0.2, -0.15) is 0 Å². The van der Waals surface area contributed by atoms with Crippen LogP contribution in [0.2, 0.25) is 5.02 Å². The van der Waals surface area contributed by atoms with E-state index in [0.29, 0.717) is 5.92 Å². The average molecular weight is 310 g/mol. The highest BCUT2D eigenvalue weighted by molar-refractivity contribution is 7.05. The minimum atomic E-state index is 0.117. The monoisotopic (exact) mass is 309 g/mol. The molecule has 2 aromatic rings. The van der Waals surface area contributed by atoms with Crippen LogP contribution in [0.15, 0.2) is 24.3 Å². The van der Waals surface area contributed by atoms with E-state index < -0.39 is 0 Å². The summed E-state index contributed by atoms with van der Waals surface area (Å²) in [6, 6.07) is 8.12. The number of hydrogen-bond acceptors (Lipinski definition) is 4. The number of benzene rings is 1. The molecule has 20 heavy (non-hydrogen) atoms. The van der Waals surface area contributed by atoms with Gasteiger partial charge in [0.1, 0.15) is 0 Å². The Balaban J connectivity index is 2.39. The molecule has 0 radical (unpaired) electrons. The summed E-state index contributed by atoms with van der Waals surface area (Å²) in [4.78, 5) is 1.19. The Morgan fingerprint density at radius 1 is 1.35 bits per heavy atom. The van der Waals surface area contributed by atoms with Crippen LogP contribution < -0.4 is 5.32 Å². The molecule has 0 aliphatic carbocycles. The molecule has 108 valence electrons. The summed E-state index contributed by atoms with van der Waals surface area (Å²) in [6.45, 7) is 7.41. The molecule has 0 saturated heterocycles. The zero-order valence-electron chi connectivity index (χ0n) is 12.1. The SMILES string of the molecule is CCCNC(c1cccc(Cl)c1)c1snnc1C(C)C. The second kappa shape index (κ2) is 7.16.